The molecule has 0 bridgehead atoms. The minimum atomic E-state index is -0.492. The van der Waals surface area contributed by atoms with Crippen LogP contribution in [0.15, 0.2) is 58.8 Å². The van der Waals surface area contributed by atoms with E-state index in [1.807, 2.05) is 18.2 Å². The SMILES string of the molecule is COc1cc(/C=C2\C(=N)N3OC(C)=CC3=NC2=O)ccc1OCCCOc1ccc(C)c(C)c1. The number of carbonyl (C=O) groups is 1. The van der Waals surface area contributed by atoms with Crippen molar-refractivity contribution in [2.75, 3.05) is 20.3 Å². The van der Waals surface area contributed by atoms with Gasteiger partial charge in [-0.25, -0.2) is 0 Å². The van der Waals surface area contributed by atoms with E-state index in [1.54, 1.807) is 44.4 Å². The van der Waals surface area contributed by atoms with E-state index in [-0.39, 0.29) is 11.4 Å². The lowest BCUT2D eigenvalue weighted by Crippen LogP contribution is -2.38. The third-order valence-electron chi connectivity index (χ3n) is 5.47. The van der Waals surface area contributed by atoms with E-state index < -0.39 is 5.91 Å². The number of amidine groups is 2. The fourth-order valence-corrected chi connectivity index (χ4v) is 3.50. The Hall–Kier alpha value is -4.07. The monoisotopic (exact) mass is 461 g/mol. The molecule has 34 heavy (non-hydrogen) atoms. The van der Waals surface area contributed by atoms with Crippen LogP contribution in [-0.4, -0.2) is 43.0 Å². The number of allylic oxidation sites excluding steroid dienone is 1. The van der Waals surface area contributed by atoms with E-state index in [1.165, 1.54) is 16.2 Å². The van der Waals surface area contributed by atoms with Gasteiger partial charge in [0.15, 0.2) is 23.2 Å². The molecule has 4 rings (SSSR count). The number of benzene rings is 2. The lowest BCUT2D eigenvalue weighted by atomic mass is 10.1. The molecule has 0 unspecified atom stereocenters. The van der Waals surface area contributed by atoms with Gasteiger partial charge in [0, 0.05) is 12.5 Å². The van der Waals surface area contributed by atoms with E-state index in [0.717, 1.165) is 5.75 Å². The van der Waals surface area contributed by atoms with Gasteiger partial charge in [-0.15, -0.1) is 5.06 Å². The quantitative estimate of drug-likeness (QED) is 0.456. The number of aliphatic imine (C=N–C) groups is 1. The zero-order valence-corrected chi connectivity index (χ0v) is 19.7. The smallest absolute Gasteiger partial charge is 0.282 e. The van der Waals surface area contributed by atoms with Crippen LogP contribution in [0.25, 0.3) is 6.08 Å². The van der Waals surface area contributed by atoms with Crippen LogP contribution in [0.4, 0.5) is 0 Å². The van der Waals surface area contributed by atoms with Crippen molar-refractivity contribution >= 4 is 23.7 Å². The van der Waals surface area contributed by atoms with Crippen molar-refractivity contribution in [3.63, 3.8) is 0 Å². The first-order valence-electron chi connectivity index (χ1n) is 11.0. The van der Waals surface area contributed by atoms with Gasteiger partial charge in [0.2, 0.25) is 0 Å². The number of methoxy groups -OCH3 is 1. The number of hydrogen-bond acceptors (Lipinski definition) is 6. The third kappa shape index (κ3) is 4.96. The fourth-order valence-electron chi connectivity index (χ4n) is 3.50. The molecule has 2 aliphatic rings. The highest BCUT2D eigenvalue weighted by Crippen LogP contribution is 2.30. The molecule has 1 amide bonds. The Labute approximate surface area is 198 Å². The summed E-state index contributed by atoms with van der Waals surface area (Å²) >= 11 is 0. The molecule has 0 saturated heterocycles. The second-order valence-corrected chi connectivity index (χ2v) is 8.03. The van der Waals surface area contributed by atoms with Gasteiger partial charge in [-0.2, -0.15) is 4.99 Å². The van der Waals surface area contributed by atoms with Crippen molar-refractivity contribution in [2.24, 2.45) is 4.99 Å². The molecule has 8 heteroatoms. The van der Waals surface area contributed by atoms with Gasteiger partial charge in [0.05, 0.1) is 25.9 Å². The van der Waals surface area contributed by atoms with Crippen LogP contribution < -0.4 is 14.2 Å². The van der Waals surface area contributed by atoms with Gasteiger partial charge < -0.3 is 19.0 Å². The number of ether oxygens (including phenoxy) is 3. The molecule has 2 aliphatic heterocycles. The van der Waals surface area contributed by atoms with Crippen LogP contribution in [0.2, 0.25) is 0 Å². The molecule has 0 saturated carbocycles. The first-order valence-corrected chi connectivity index (χ1v) is 11.0. The molecule has 0 fully saturated rings. The second-order valence-electron chi connectivity index (χ2n) is 8.03. The number of nitrogens with one attached hydrogen (secondary N) is 1. The van der Waals surface area contributed by atoms with Crippen molar-refractivity contribution in [1.29, 1.82) is 5.41 Å². The maximum Gasteiger partial charge on any atom is 0.282 e. The van der Waals surface area contributed by atoms with E-state index >= 15 is 0 Å². The van der Waals surface area contributed by atoms with Crippen LogP contribution in [-0.2, 0) is 9.63 Å². The number of fused-ring (bicyclic) bond motifs is 1. The highest BCUT2D eigenvalue weighted by atomic mass is 16.7. The Kier molecular flexibility index (Phi) is 6.67. The van der Waals surface area contributed by atoms with Crippen molar-refractivity contribution in [3.05, 3.63) is 70.5 Å². The van der Waals surface area contributed by atoms with Crippen LogP contribution in [0, 0.1) is 19.3 Å². The minimum absolute atomic E-state index is 0.0637. The molecule has 1 N–H and O–H groups in total. The van der Waals surface area contributed by atoms with Crippen LogP contribution in [0.1, 0.15) is 30.0 Å². The molecule has 0 radical (unpaired) electrons. The van der Waals surface area contributed by atoms with E-state index in [9.17, 15) is 4.79 Å². The van der Waals surface area contributed by atoms with E-state index in [2.05, 4.69) is 18.8 Å². The molecule has 8 nitrogen and oxygen atoms in total. The normalized spacial score (nSPS) is 16.1. The molecule has 2 aromatic rings. The van der Waals surface area contributed by atoms with E-state index in [0.29, 0.717) is 48.3 Å². The number of hydroxylamine groups is 2. The summed E-state index contributed by atoms with van der Waals surface area (Å²) in [5.41, 5.74) is 3.25. The lowest BCUT2D eigenvalue weighted by Gasteiger charge is -2.23. The van der Waals surface area contributed by atoms with Gasteiger partial charge in [-0.1, -0.05) is 12.1 Å². The van der Waals surface area contributed by atoms with Crippen molar-refractivity contribution < 1.29 is 23.8 Å². The highest BCUT2D eigenvalue weighted by Gasteiger charge is 2.34. The summed E-state index contributed by atoms with van der Waals surface area (Å²) in [5, 5.41) is 9.56. The summed E-state index contributed by atoms with van der Waals surface area (Å²) in [6.07, 6.45) is 3.91. The topological polar surface area (TPSA) is 93.4 Å². The third-order valence-corrected chi connectivity index (χ3v) is 5.47. The number of carbonyl (C=O) groups excluding carboxylic acids is 1. The maximum absolute atomic E-state index is 12.4. The number of hydrogen-bond donors (Lipinski definition) is 1. The van der Waals surface area contributed by atoms with Crippen molar-refractivity contribution in [2.45, 2.75) is 27.2 Å². The Morgan fingerprint density at radius 1 is 1.03 bits per heavy atom. The first kappa shape index (κ1) is 23.1. The zero-order valence-electron chi connectivity index (χ0n) is 19.7. The molecular weight excluding hydrogens is 434 g/mol. The number of nitrogens with zero attached hydrogens (tertiary/aromatic N) is 2. The highest BCUT2D eigenvalue weighted by molar-refractivity contribution is 6.32. The van der Waals surface area contributed by atoms with Gasteiger partial charge in [-0.05, 0) is 67.8 Å². The molecule has 0 aliphatic carbocycles. The summed E-state index contributed by atoms with van der Waals surface area (Å²) in [5.74, 6) is 2.29. The number of aryl methyl sites for hydroxylation is 2. The minimum Gasteiger partial charge on any atom is -0.493 e. The Morgan fingerprint density at radius 3 is 2.59 bits per heavy atom. The molecule has 2 heterocycles. The summed E-state index contributed by atoms with van der Waals surface area (Å²) < 4.78 is 17.1. The van der Waals surface area contributed by atoms with Crippen LogP contribution in [0.3, 0.4) is 0 Å². The lowest BCUT2D eigenvalue weighted by molar-refractivity contribution is -0.114. The molecule has 176 valence electrons. The standard InChI is InChI=1S/C26H27N3O5/c1-16-6-8-20(12-17(16)2)32-10-5-11-33-22-9-7-19(15-23(22)31-4)14-21-25(27)29-24(28-26(21)30)13-18(3)34-29/h6-9,12-15,27H,5,10-11H2,1-4H3/b21-14+,27-25?. The maximum atomic E-state index is 12.4. The predicted molar refractivity (Wildman–Crippen MR) is 129 cm³/mol. The number of amides is 1. The van der Waals surface area contributed by atoms with E-state index in [4.69, 9.17) is 24.5 Å². The molecular formula is C26H27N3O5. The van der Waals surface area contributed by atoms with Crippen LogP contribution in [0.5, 0.6) is 17.2 Å². The molecule has 0 aromatic heterocycles. The number of rotatable bonds is 8. The Bertz CT molecular complexity index is 1230. The van der Waals surface area contributed by atoms with Gasteiger partial charge >= 0.3 is 0 Å². The second kappa shape index (κ2) is 9.82. The van der Waals surface area contributed by atoms with Crippen molar-refractivity contribution in [1.82, 2.24) is 5.06 Å². The van der Waals surface area contributed by atoms with Gasteiger partial charge in [0.25, 0.3) is 5.91 Å². The molecule has 0 atom stereocenters. The predicted octanol–water partition coefficient (Wildman–Crippen LogP) is 4.61. The van der Waals surface area contributed by atoms with Gasteiger partial charge in [0.1, 0.15) is 11.5 Å². The zero-order chi connectivity index (χ0) is 24.2. The molecule has 0 spiro atoms. The average Bonchev–Trinajstić information content (AvgIpc) is 3.19. The molecule has 2 aromatic carbocycles. The largest absolute Gasteiger partial charge is 0.493 e. The Morgan fingerprint density at radius 2 is 1.82 bits per heavy atom. The van der Waals surface area contributed by atoms with Gasteiger partial charge in [-0.3, -0.25) is 10.2 Å². The summed E-state index contributed by atoms with van der Waals surface area (Å²) in [6.45, 7) is 6.87. The Balaban J connectivity index is 1.37. The summed E-state index contributed by atoms with van der Waals surface area (Å²) in [4.78, 5) is 21.9. The summed E-state index contributed by atoms with van der Waals surface area (Å²) in [7, 11) is 1.55. The first-order chi connectivity index (χ1) is 16.4. The average molecular weight is 462 g/mol. The van der Waals surface area contributed by atoms with Crippen molar-refractivity contribution in [3.8, 4) is 17.2 Å². The fraction of sp³-hybridized carbons (Fsp3) is 0.269. The van der Waals surface area contributed by atoms with Crippen LogP contribution >= 0.6 is 0 Å². The summed E-state index contributed by atoms with van der Waals surface area (Å²) in [6, 6.07) is 11.4.